The summed E-state index contributed by atoms with van der Waals surface area (Å²) in [4.78, 5) is 28.3. The van der Waals surface area contributed by atoms with Crippen molar-refractivity contribution in [2.45, 2.75) is 16.1 Å². The van der Waals surface area contributed by atoms with Crippen LogP contribution in [0.5, 0.6) is 0 Å². The van der Waals surface area contributed by atoms with E-state index in [1.807, 2.05) is 6.07 Å². The number of fused-ring (bicyclic) bond motifs is 2. The maximum atomic E-state index is 12.9. The fourth-order valence-corrected chi connectivity index (χ4v) is 3.61. The zero-order valence-corrected chi connectivity index (χ0v) is 12.0. The SMILES string of the molecule is O=C(n1c2c(ncc1=O)Sc1cccc3ccn-2c13)C(F)(F)F. The zero-order valence-electron chi connectivity index (χ0n) is 11.2. The highest BCUT2D eigenvalue weighted by atomic mass is 32.2. The number of para-hydroxylation sites is 1. The van der Waals surface area contributed by atoms with E-state index in [2.05, 4.69) is 4.98 Å². The van der Waals surface area contributed by atoms with Crippen LogP contribution >= 0.6 is 11.8 Å². The molecule has 23 heavy (non-hydrogen) atoms. The first-order valence-electron chi connectivity index (χ1n) is 6.40. The van der Waals surface area contributed by atoms with Gasteiger partial charge in [0.1, 0.15) is 5.03 Å². The second kappa shape index (κ2) is 4.48. The van der Waals surface area contributed by atoms with Crippen LogP contribution < -0.4 is 5.56 Å². The van der Waals surface area contributed by atoms with Gasteiger partial charge in [-0.25, -0.2) is 9.55 Å². The standard InChI is InChI=1S/C14H6F3N3O2S/c15-14(16,17)13(22)20-9(21)6-18-11-12(20)19-5-4-7-2-1-3-8(23-11)10(7)19/h1-6H. The zero-order chi connectivity index (χ0) is 16.4. The van der Waals surface area contributed by atoms with Gasteiger partial charge in [0.05, 0.1) is 11.7 Å². The van der Waals surface area contributed by atoms with E-state index >= 15 is 0 Å². The molecule has 0 spiro atoms. The van der Waals surface area contributed by atoms with Crippen LogP contribution in [-0.2, 0) is 0 Å². The highest BCUT2D eigenvalue weighted by molar-refractivity contribution is 7.99. The van der Waals surface area contributed by atoms with Crippen molar-refractivity contribution in [2.24, 2.45) is 0 Å². The maximum absolute atomic E-state index is 12.9. The van der Waals surface area contributed by atoms with E-state index in [0.717, 1.165) is 28.2 Å². The smallest absolute Gasteiger partial charge is 0.299 e. The summed E-state index contributed by atoms with van der Waals surface area (Å²) in [6.07, 6.45) is -2.91. The third kappa shape index (κ3) is 1.93. The Hall–Kier alpha value is -2.55. The topological polar surface area (TPSA) is 56.9 Å². The van der Waals surface area contributed by atoms with E-state index in [4.69, 9.17) is 0 Å². The summed E-state index contributed by atoms with van der Waals surface area (Å²) in [5.41, 5.74) is -0.478. The van der Waals surface area contributed by atoms with E-state index in [9.17, 15) is 22.8 Å². The summed E-state index contributed by atoms with van der Waals surface area (Å²) in [7, 11) is 0. The minimum Gasteiger partial charge on any atom is -0.299 e. The van der Waals surface area contributed by atoms with Gasteiger partial charge in [-0.15, -0.1) is 0 Å². The van der Waals surface area contributed by atoms with Crippen LogP contribution in [0.15, 0.2) is 51.4 Å². The molecule has 1 aliphatic heterocycles. The van der Waals surface area contributed by atoms with Crippen molar-refractivity contribution < 1.29 is 18.0 Å². The first kappa shape index (κ1) is 14.1. The van der Waals surface area contributed by atoms with Gasteiger partial charge in [-0.2, -0.15) is 13.2 Å². The van der Waals surface area contributed by atoms with Gasteiger partial charge in [-0.3, -0.25) is 14.2 Å². The molecule has 0 aliphatic carbocycles. The average molecular weight is 337 g/mol. The number of alkyl halides is 3. The number of hydrogen-bond acceptors (Lipinski definition) is 4. The second-order valence-corrected chi connectivity index (χ2v) is 5.88. The molecule has 0 unspecified atom stereocenters. The minimum atomic E-state index is -5.16. The normalized spacial score (nSPS) is 13.2. The van der Waals surface area contributed by atoms with Crippen LogP contribution in [0.3, 0.4) is 0 Å². The Morgan fingerprint density at radius 3 is 2.74 bits per heavy atom. The number of benzene rings is 1. The van der Waals surface area contributed by atoms with Gasteiger partial charge < -0.3 is 0 Å². The fraction of sp³-hybridized carbons (Fsp3) is 0.0714. The van der Waals surface area contributed by atoms with Crippen LogP contribution in [0.1, 0.15) is 4.79 Å². The van der Waals surface area contributed by atoms with Gasteiger partial charge in [0.15, 0.2) is 5.82 Å². The fourth-order valence-electron chi connectivity index (χ4n) is 2.56. The third-order valence-corrected chi connectivity index (χ3v) is 4.50. The molecule has 9 heteroatoms. The number of rotatable bonds is 0. The quantitative estimate of drug-likeness (QED) is 0.495. The van der Waals surface area contributed by atoms with Gasteiger partial charge in [-0.1, -0.05) is 23.9 Å². The van der Waals surface area contributed by atoms with Gasteiger partial charge in [0, 0.05) is 16.5 Å². The third-order valence-electron chi connectivity index (χ3n) is 3.47. The summed E-state index contributed by atoms with van der Waals surface area (Å²) in [5, 5.41) is 0.960. The molecule has 0 atom stereocenters. The van der Waals surface area contributed by atoms with Gasteiger partial charge in [0.25, 0.3) is 5.56 Å². The van der Waals surface area contributed by atoms with Crippen LogP contribution in [0.25, 0.3) is 16.7 Å². The molecule has 0 saturated heterocycles. The van der Waals surface area contributed by atoms with E-state index in [0.29, 0.717) is 5.52 Å². The molecule has 3 heterocycles. The maximum Gasteiger partial charge on any atom is 0.472 e. The van der Waals surface area contributed by atoms with Crippen LogP contribution in [-0.4, -0.2) is 26.2 Å². The average Bonchev–Trinajstić information content (AvgIpc) is 2.92. The molecule has 0 N–H and O–H groups in total. The Balaban J connectivity index is 2.11. The second-order valence-electron chi connectivity index (χ2n) is 4.85. The summed E-state index contributed by atoms with van der Waals surface area (Å²) >= 11 is 1.12. The molecule has 0 radical (unpaired) electrons. The highest BCUT2D eigenvalue weighted by Gasteiger charge is 2.43. The monoisotopic (exact) mass is 337 g/mol. The molecule has 1 aromatic carbocycles. The predicted octanol–water partition coefficient (Wildman–Crippen LogP) is 2.85. The van der Waals surface area contributed by atoms with Gasteiger partial charge in [0.2, 0.25) is 0 Å². The van der Waals surface area contributed by atoms with Crippen molar-refractivity contribution >= 4 is 28.6 Å². The van der Waals surface area contributed by atoms with Gasteiger partial charge >= 0.3 is 12.1 Å². The minimum absolute atomic E-state index is 0.130. The Bertz CT molecular complexity index is 1040. The molecule has 4 rings (SSSR count). The molecular formula is C14H6F3N3O2S. The molecule has 5 nitrogen and oxygen atoms in total. The Morgan fingerprint density at radius 2 is 2.00 bits per heavy atom. The first-order valence-corrected chi connectivity index (χ1v) is 7.21. The molecule has 3 aromatic rings. The number of halogens is 3. The lowest BCUT2D eigenvalue weighted by atomic mass is 10.2. The molecule has 0 fully saturated rings. The molecule has 2 aromatic heterocycles. The number of hydrogen-bond donors (Lipinski definition) is 0. The van der Waals surface area contributed by atoms with Crippen molar-refractivity contribution in [3.05, 3.63) is 47.0 Å². The molecular weight excluding hydrogens is 331 g/mol. The van der Waals surface area contributed by atoms with Crippen LogP contribution in [0, 0.1) is 0 Å². The number of carbonyl (C=O) groups is 1. The lowest BCUT2D eigenvalue weighted by Gasteiger charge is -2.21. The number of carbonyl (C=O) groups excluding carboxylic acids is 1. The molecule has 0 amide bonds. The van der Waals surface area contributed by atoms with Crippen LogP contribution in [0.4, 0.5) is 13.2 Å². The summed E-state index contributed by atoms with van der Waals surface area (Å²) in [6.45, 7) is 0. The van der Waals surface area contributed by atoms with E-state index in [-0.39, 0.29) is 15.4 Å². The lowest BCUT2D eigenvalue weighted by Crippen LogP contribution is -2.39. The molecule has 1 aliphatic rings. The van der Waals surface area contributed by atoms with Crippen molar-refractivity contribution in [3.63, 3.8) is 0 Å². The number of nitrogens with zero attached hydrogens (tertiary/aromatic N) is 3. The predicted molar refractivity (Wildman–Crippen MR) is 76.1 cm³/mol. The Morgan fingerprint density at radius 1 is 1.22 bits per heavy atom. The van der Waals surface area contributed by atoms with Crippen molar-refractivity contribution in [1.82, 2.24) is 14.1 Å². The highest BCUT2D eigenvalue weighted by Crippen LogP contribution is 2.41. The van der Waals surface area contributed by atoms with Crippen molar-refractivity contribution in [1.29, 1.82) is 0 Å². The Labute approximate surface area is 130 Å². The summed E-state index contributed by atoms with van der Waals surface area (Å²) < 4.78 is 40.1. The Kier molecular flexibility index (Phi) is 2.74. The van der Waals surface area contributed by atoms with Crippen molar-refractivity contribution in [3.8, 4) is 5.82 Å². The molecule has 0 bridgehead atoms. The molecule has 0 saturated carbocycles. The lowest BCUT2D eigenvalue weighted by molar-refractivity contribution is -0.0949. The number of aromatic nitrogens is 3. The van der Waals surface area contributed by atoms with E-state index < -0.39 is 17.6 Å². The summed E-state index contributed by atoms with van der Waals surface area (Å²) in [5.74, 6) is -2.42. The largest absolute Gasteiger partial charge is 0.472 e. The van der Waals surface area contributed by atoms with Crippen molar-refractivity contribution in [2.75, 3.05) is 0 Å². The van der Waals surface area contributed by atoms with E-state index in [1.165, 1.54) is 10.8 Å². The molecule has 116 valence electrons. The first-order chi connectivity index (χ1) is 10.9. The summed E-state index contributed by atoms with van der Waals surface area (Å²) in [6, 6.07) is 7.12. The van der Waals surface area contributed by atoms with E-state index in [1.54, 1.807) is 18.2 Å². The van der Waals surface area contributed by atoms with Crippen LogP contribution in [0.2, 0.25) is 0 Å². The van der Waals surface area contributed by atoms with Gasteiger partial charge in [-0.05, 0) is 12.1 Å².